The van der Waals surface area contributed by atoms with Crippen LogP contribution in [0.1, 0.15) is 44.3 Å². The predicted molar refractivity (Wildman–Crippen MR) is 89.6 cm³/mol. The van der Waals surface area contributed by atoms with Crippen LogP contribution >= 0.6 is 0 Å². The van der Waals surface area contributed by atoms with Crippen LogP contribution in [0.3, 0.4) is 0 Å². The molecular formula is C17H27N3O2S. The van der Waals surface area contributed by atoms with Crippen LogP contribution in [0.2, 0.25) is 0 Å². The average Bonchev–Trinajstić information content (AvgIpc) is 2.94. The van der Waals surface area contributed by atoms with Crippen molar-refractivity contribution in [1.29, 1.82) is 0 Å². The Labute approximate surface area is 138 Å². The molecule has 0 aromatic carbocycles. The maximum absolute atomic E-state index is 12.1. The van der Waals surface area contributed by atoms with Gasteiger partial charge in [0.25, 0.3) is 0 Å². The molecule has 4 saturated carbocycles. The molecule has 4 bridgehead atoms. The first-order chi connectivity index (χ1) is 11.0. The van der Waals surface area contributed by atoms with E-state index in [1.807, 2.05) is 0 Å². The van der Waals surface area contributed by atoms with Gasteiger partial charge in [0.05, 0.1) is 5.75 Å². The second-order valence-corrected chi connectivity index (χ2v) is 10.4. The SMILES string of the molecule is O=S(=O)(CCNCC12CC3CC(CC(C3)C1)C2)Cc1ncc[nH]1. The molecule has 5 rings (SSSR count). The zero-order valence-electron chi connectivity index (χ0n) is 13.6. The highest BCUT2D eigenvalue weighted by atomic mass is 32.2. The van der Waals surface area contributed by atoms with E-state index in [0.29, 0.717) is 17.8 Å². The fourth-order valence-corrected chi connectivity index (χ4v) is 6.92. The number of imidazole rings is 1. The molecule has 0 unspecified atom stereocenters. The summed E-state index contributed by atoms with van der Waals surface area (Å²) in [5.41, 5.74) is 0.472. The number of hydrogen-bond donors (Lipinski definition) is 2. The minimum Gasteiger partial charge on any atom is -0.348 e. The molecule has 0 radical (unpaired) electrons. The lowest BCUT2D eigenvalue weighted by atomic mass is 9.49. The van der Waals surface area contributed by atoms with Gasteiger partial charge >= 0.3 is 0 Å². The van der Waals surface area contributed by atoms with Crippen LogP contribution in [0.4, 0.5) is 0 Å². The van der Waals surface area contributed by atoms with E-state index in [2.05, 4.69) is 15.3 Å². The van der Waals surface area contributed by atoms with Crippen LogP contribution in [-0.2, 0) is 15.6 Å². The maximum Gasteiger partial charge on any atom is 0.158 e. The van der Waals surface area contributed by atoms with Crippen LogP contribution in [-0.4, -0.2) is 37.2 Å². The van der Waals surface area contributed by atoms with Crippen molar-refractivity contribution in [2.75, 3.05) is 18.8 Å². The van der Waals surface area contributed by atoms with E-state index < -0.39 is 9.84 Å². The molecule has 2 N–H and O–H groups in total. The van der Waals surface area contributed by atoms with Crippen molar-refractivity contribution in [1.82, 2.24) is 15.3 Å². The molecule has 1 aromatic rings. The van der Waals surface area contributed by atoms with Gasteiger partial charge in [-0.25, -0.2) is 13.4 Å². The minimum absolute atomic E-state index is 0.0129. The molecule has 0 saturated heterocycles. The zero-order chi connectivity index (χ0) is 15.9. The van der Waals surface area contributed by atoms with Crippen molar-refractivity contribution in [2.45, 2.75) is 44.3 Å². The fraction of sp³-hybridized carbons (Fsp3) is 0.824. The topological polar surface area (TPSA) is 74.8 Å². The normalized spacial score (nSPS) is 35.7. The monoisotopic (exact) mass is 337 g/mol. The average molecular weight is 337 g/mol. The molecule has 4 aliphatic rings. The number of aromatic nitrogens is 2. The quantitative estimate of drug-likeness (QED) is 0.748. The standard InChI is InChI=1S/C17H27N3O2S/c21-23(22,11-16-19-1-2-20-16)4-3-18-12-17-8-13-5-14(9-17)7-15(6-13)10-17/h1-2,13-15,18H,3-12H2,(H,19,20). The minimum atomic E-state index is -3.09. The molecule has 6 heteroatoms. The van der Waals surface area contributed by atoms with Crippen molar-refractivity contribution < 1.29 is 8.42 Å². The van der Waals surface area contributed by atoms with Crippen LogP contribution < -0.4 is 5.32 Å². The first-order valence-electron chi connectivity index (χ1n) is 8.91. The Balaban J connectivity index is 1.26. The molecule has 5 nitrogen and oxygen atoms in total. The Kier molecular flexibility index (Phi) is 4.00. The smallest absolute Gasteiger partial charge is 0.158 e. The van der Waals surface area contributed by atoms with Gasteiger partial charge in [-0.15, -0.1) is 0 Å². The third kappa shape index (κ3) is 3.48. The molecule has 1 heterocycles. The number of nitrogens with zero attached hydrogens (tertiary/aromatic N) is 1. The molecule has 4 fully saturated rings. The summed E-state index contributed by atoms with van der Waals surface area (Å²) < 4.78 is 24.2. The Morgan fingerprint density at radius 1 is 1.17 bits per heavy atom. The van der Waals surface area contributed by atoms with E-state index in [-0.39, 0.29) is 11.5 Å². The Morgan fingerprint density at radius 3 is 2.39 bits per heavy atom. The van der Waals surface area contributed by atoms with Crippen molar-refractivity contribution >= 4 is 9.84 Å². The highest BCUT2D eigenvalue weighted by Crippen LogP contribution is 2.59. The van der Waals surface area contributed by atoms with Crippen LogP contribution in [0, 0.1) is 23.2 Å². The lowest BCUT2D eigenvalue weighted by Gasteiger charge is -2.57. The van der Waals surface area contributed by atoms with Crippen LogP contribution in [0.25, 0.3) is 0 Å². The summed E-state index contributed by atoms with van der Waals surface area (Å²) in [6.07, 6.45) is 11.7. The van der Waals surface area contributed by atoms with E-state index in [4.69, 9.17) is 0 Å². The second-order valence-electron chi connectivity index (χ2n) is 8.22. The highest BCUT2D eigenvalue weighted by molar-refractivity contribution is 7.90. The van der Waals surface area contributed by atoms with E-state index in [0.717, 1.165) is 24.3 Å². The van der Waals surface area contributed by atoms with Gasteiger partial charge < -0.3 is 10.3 Å². The van der Waals surface area contributed by atoms with E-state index in [1.54, 1.807) is 12.4 Å². The van der Waals surface area contributed by atoms with Crippen molar-refractivity contribution in [3.8, 4) is 0 Å². The number of nitrogens with one attached hydrogen (secondary N) is 2. The van der Waals surface area contributed by atoms with Gasteiger partial charge in [-0.1, -0.05) is 0 Å². The zero-order valence-corrected chi connectivity index (χ0v) is 14.4. The Morgan fingerprint density at radius 2 is 1.83 bits per heavy atom. The van der Waals surface area contributed by atoms with Gasteiger partial charge in [0, 0.05) is 25.5 Å². The lowest BCUT2D eigenvalue weighted by Crippen LogP contribution is -2.50. The first-order valence-corrected chi connectivity index (χ1v) is 10.7. The van der Waals surface area contributed by atoms with E-state index in [1.165, 1.54) is 38.5 Å². The number of hydrogen-bond acceptors (Lipinski definition) is 4. The fourth-order valence-electron chi connectivity index (χ4n) is 5.75. The number of aromatic amines is 1. The summed E-state index contributed by atoms with van der Waals surface area (Å²) in [4.78, 5) is 6.86. The summed E-state index contributed by atoms with van der Waals surface area (Å²) in [7, 11) is -3.09. The van der Waals surface area contributed by atoms with E-state index >= 15 is 0 Å². The Hall–Kier alpha value is -0.880. The largest absolute Gasteiger partial charge is 0.348 e. The summed E-state index contributed by atoms with van der Waals surface area (Å²) in [6.45, 7) is 1.57. The first kappa shape index (κ1) is 15.6. The molecule has 1 aromatic heterocycles. The van der Waals surface area contributed by atoms with Crippen LogP contribution in [0.5, 0.6) is 0 Å². The van der Waals surface area contributed by atoms with Gasteiger partial charge in [-0.2, -0.15) is 0 Å². The summed E-state index contributed by atoms with van der Waals surface area (Å²) in [6, 6.07) is 0. The summed E-state index contributed by atoms with van der Waals surface area (Å²) in [5, 5.41) is 3.47. The molecular weight excluding hydrogens is 310 g/mol. The van der Waals surface area contributed by atoms with Crippen LogP contribution in [0.15, 0.2) is 12.4 Å². The summed E-state index contributed by atoms with van der Waals surface area (Å²) in [5.74, 6) is 3.59. The molecule has 128 valence electrons. The van der Waals surface area contributed by atoms with Gasteiger partial charge in [-0.3, -0.25) is 0 Å². The number of H-pyrrole nitrogens is 1. The van der Waals surface area contributed by atoms with Gasteiger partial charge in [0.1, 0.15) is 11.6 Å². The second kappa shape index (κ2) is 5.88. The molecule has 0 amide bonds. The third-order valence-corrected chi connectivity index (χ3v) is 7.71. The molecule has 23 heavy (non-hydrogen) atoms. The number of sulfone groups is 1. The molecule has 0 spiro atoms. The third-order valence-electron chi connectivity index (χ3n) is 6.17. The lowest BCUT2D eigenvalue weighted by molar-refractivity contribution is -0.0510. The molecule has 0 aliphatic heterocycles. The van der Waals surface area contributed by atoms with Crippen molar-refractivity contribution in [2.24, 2.45) is 23.2 Å². The van der Waals surface area contributed by atoms with Crippen molar-refractivity contribution in [3.05, 3.63) is 18.2 Å². The number of rotatable bonds is 7. The van der Waals surface area contributed by atoms with Gasteiger partial charge in [0.2, 0.25) is 0 Å². The maximum atomic E-state index is 12.1. The molecule has 4 aliphatic carbocycles. The van der Waals surface area contributed by atoms with E-state index in [9.17, 15) is 8.42 Å². The van der Waals surface area contributed by atoms with Crippen molar-refractivity contribution in [3.63, 3.8) is 0 Å². The summed E-state index contributed by atoms with van der Waals surface area (Å²) >= 11 is 0. The highest BCUT2D eigenvalue weighted by Gasteiger charge is 2.50. The molecule has 0 atom stereocenters. The Bertz CT molecular complexity index is 604. The predicted octanol–water partition coefficient (Wildman–Crippen LogP) is 2.13. The van der Waals surface area contributed by atoms with Gasteiger partial charge in [-0.05, 0) is 61.7 Å². The van der Waals surface area contributed by atoms with Gasteiger partial charge in [0.15, 0.2) is 9.84 Å².